The minimum Gasteiger partial charge on any atom is -0.302 e. The molecule has 2 aromatic rings. The maximum atomic E-state index is 10.8. The van der Waals surface area contributed by atoms with Crippen molar-refractivity contribution in [1.82, 2.24) is 4.98 Å². The van der Waals surface area contributed by atoms with Crippen molar-refractivity contribution in [3.63, 3.8) is 0 Å². The third-order valence-corrected chi connectivity index (χ3v) is 3.24. The molecule has 0 atom stereocenters. The van der Waals surface area contributed by atoms with Crippen LogP contribution in [0, 0.1) is 3.57 Å². The van der Waals surface area contributed by atoms with Gasteiger partial charge in [-0.05, 0) is 40.8 Å². The van der Waals surface area contributed by atoms with Crippen molar-refractivity contribution in [3.8, 4) is 0 Å². The fourth-order valence-corrected chi connectivity index (χ4v) is 2.76. The highest BCUT2D eigenvalue weighted by atomic mass is 127. The van der Waals surface area contributed by atoms with Crippen LogP contribution in [0.3, 0.4) is 0 Å². The predicted octanol–water partition coefficient (Wildman–Crippen LogP) is 4.91. The molecule has 1 aromatic carbocycles. The van der Waals surface area contributed by atoms with E-state index in [2.05, 4.69) is 39.0 Å². The van der Waals surface area contributed by atoms with Crippen molar-refractivity contribution in [1.29, 1.82) is 0 Å². The van der Waals surface area contributed by atoms with Gasteiger partial charge in [-0.15, -0.1) is 0 Å². The number of fused-ring (bicyclic) bond motifs is 1. The number of carbonyl (C=O) groups excluding carboxylic acids is 1. The van der Waals surface area contributed by atoms with Crippen molar-refractivity contribution >= 4 is 55.2 Å². The second kappa shape index (κ2) is 9.27. The number of nitrogens with zero attached hydrogens (tertiary/aromatic N) is 1. The number of thiazole rings is 1. The summed E-state index contributed by atoms with van der Waals surface area (Å²) in [6.07, 6.45) is 0. The van der Waals surface area contributed by atoms with Crippen molar-refractivity contribution in [2.75, 3.05) is 5.32 Å². The molecule has 0 saturated heterocycles. The lowest BCUT2D eigenvalue weighted by Crippen LogP contribution is -2.04. The molecular formula is C13H19IN2OS. The zero-order valence-electron chi connectivity index (χ0n) is 11.4. The summed E-state index contributed by atoms with van der Waals surface area (Å²) < 4.78 is 2.27. The van der Waals surface area contributed by atoms with Gasteiger partial charge in [-0.25, -0.2) is 4.98 Å². The molecule has 0 aliphatic rings. The lowest BCUT2D eigenvalue weighted by atomic mass is 10.3. The molecule has 2 rings (SSSR count). The van der Waals surface area contributed by atoms with Gasteiger partial charge in [0.1, 0.15) is 0 Å². The molecule has 0 saturated carbocycles. The van der Waals surface area contributed by atoms with Crippen LogP contribution in [-0.2, 0) is 4.79 Å². The number of benzene rings is 1. The Morgan fingerprint density at radius 3 is 2.44 bits per heavy atom. The Hall–Kier alpha value is -0.690. The summed E-state index contributed by atoms with van der Waals surface area (Å²) in [6, 6.07) is 6.01. The zero-order valence-corrected chi connectivity index (χ0v) is 14.3. The number of amides is 1. The summed E-state index contributed by atoms with van der Waals surface area (Å²) in [5, 5.41) is 3.34. The van der Waals surface area contributed by atoms with Gasteiger partial charge < -0.3 is 5.32 Å². The van der Waals surface area contributed by atoms with Crippen molar-refractivity contribution in [3.05, 3.63) is 21.8 Å². The molecule has 1 amide bonds. The van der Waals surface area contributed by atoms with Crippen molar-refractivity contribution in [2.24, 2.45) is 0 Å². The summed E-state index contributed by atoms with van der Waals surface area (Å²) in [6.45, 7) is 9.48. The van der Waals surface area contributed by atoms with Crippen LogP contribution in [0.15, 0.2) is 18.2 Å². The van der Waals surface area contributed by atoms with E-state index in [1.807, 2.05) is 39.8 Å². The molecule has 0 fully saturated rings. The number of anilines is 1. The number of rotatable bonds is 1. The van der Waals surface area contributed by atoms with E-state index in [9.17, 15) is 4.79 Å². The van der Waals surface area contributed by atoms with Crippen LogP contribution in [0.2, 0.25) is 0 Å². The van der Waals surface area contributed by atoms with Crippen LogP contribution in [0.4, 0.5) is 5.13 Å². The van der Waals surface area contributed by atoms with E-state index in [0.29, 0.717) is 5.13 Å². The van der Waals surface area contributed by atoms with Gasteiger partial charge in [0.2, 0.25) is 5.91 Å². The first kappa shape index (κ1) is 17.3. The smallest absolute Gasteiger partial charge is 0.223 e. The fraction of sp³-hybridized carbons (Fsp3) is 0.385. The second-order valence-corrected chi connectivity index (χ2v) is 5.09. The topological polar surface area (TPSA) is 42.0 Å². The molecule has 1 aromatic heterocycles. The van der Waals surface area contributed by atoms with Crippen LogP contribution in [-0.4, -0.2) is 10.9 Å². The number of hydrogen-bond donors (Lipinski definition) is 1. The van der Waals surface area contributed by atoms with Gasteiger partial charge in [-0.1, -0.05) is 39.0 Å². The molecular weight excluding hydrogens is 359 g/mol. The van der Waals surface area contributed by atoms with Gasteiger partial charge in [0.25, 0.3) is 0 Å². The average molecular weight is 378 g/mol. The van der Waals surface area contributed by atoms with Gasteiger partial charge in [0.15, 0.2) is 5.13 Å². The molecule has 0 spiro atoms. The molecule has 0 unspecified atom stereocenters. The molecule has 0 aliphatic heterocycles. The van der Waals surface area contributed by atoms with Gasteiger partial charge in [-0.2, -0.15) is 0 Å². The quantitative estimate of drug-likeness (QED) is 0.717. The number of halogens is 1. The van der Waals surface area contributed by atoms with E-state index in [1.165, 1.54) is 21.8 Å². The minimum atomic E-state index is -0.0845. The summed E-state index contributed by atoms with van der Waals surface area (Å²) in [5.41, 5.74) is 0.930. The SMILES string of the molecule is CC.CC.CC(=O)Nc1nc2ccc(I)cc2s1. The molecule has 1 N–H and O–H groups in total. The predicted molar refractivity (Wildman–Crippen MR) is 89.3 cm³/mol. The van der Waals surface area contributed by atoms with Gasteiger partial charge in [-0.3, -0.25) is 4.79 Å². The van der Waals surface area contributed by atoms with Crippen LogP contribution in [0.25, 0.3) is 10.2 Å². The number of nitrogens with one attached hydrogen (secondary N) is 1. The highest BCUT2D eigenvalue weighted by Gasteiger charge is 2.04. The highest BCUT2D eigenvalue weighted by Crippen LogP contribution is 2.27. The maximum Gasteiger partial charge on any atom is 0.223 e. The fourth-order valence-electron chi connectivity index (χ4n) is 1.10. The highest BCUT2D eigenvalue weighted by molar-refractivity contribution is 14.1. The first-order valence-electron chi connectivity index (χ1n) is 5.99. The Kier molecular flexibility index (Phi) is 8.91. The zero-order chi connectivity index (χ0) is 14.1. The Balaban J connectivity index is 0.000000659. The Morgan fingerprint density at radius 2 is 1.89 bits per heavy atom. The van der Waals surface area contributed by atoms with E-state index in [-0.39, 0.29) is 5.91 Å². The normalized spacial score (nSPS) is 8.78. The second-order valence-electron chi connectivity index (χ2n) is 2.81. The van der Waals surface area contributed by atoms with E-state index in [4.69, 9.17) is 0 Å². The van der Waals surface area contributed by atoms with Crippen molar-refractivity contribution in [2.45, 2.75) is 34.6 Å². The molecule has 18 heavy (non-hydrogen) atoms. The van der Waals surface area contributed by atoms with Crippen LogP contribution in [0.5, 0.6) is 0 Å². The number of carbonyl (C=O) groups is 1. The Morgan fingerprint density at radius 1 is 1.28 bits per heavy atom. The third kappa shape index (κ3) is 5.30. The lowest BCUT2D eigenvalue weighted by Gasteiger charge is -1.91. The maximum absolute atomic E-state index is 10.8. The number of hydrogen-bond acceptors (Lipinski definition) is 3. The summed E-state index contributed by atoms with van der Waals surface area (Å²) in [7, 11) is 0. The van der Waals surface area contributed by atoms with E-state index >= 15 is 0 Å². The van der Waals surface area contributed by atoms with Gasteiger partial charge in [0, 0.05) is 10.5 Å². The van der Waals surface area contributed by atoms with Crippen LogP contribution < -0.4 is 5.32 Å². The monoisotopic (exact) mass is 378 g/mol. The first-order chi connectivity index (χ1) is 8.65. The molecule has 1 heterocycles. The molecule has 3 nitrogen and oxygen atoms in total. The number of aromatic nitrogens is 1. The van der Waals surface area contributed by atoms with E-state index in [0.717, 1.165) is 10.2 Å². The Bertz CT molecular complexity index is 497. The summed E-state index contributed by atoms with van der Waals surface area (Å²) >= 11 is 3.75. The van der Waals surface area contributed by atoms with Crippen LogP contribution in [0.1, 0.15) is 34.6 Å². The van der Waals surface area contributed by atoms with Gasteiger partial charge >= 0.3 is 0 Å². The van der Waals surface area contributed by atoms with E-state index < -0.39 is 0 Å². The van der Waals surface area contributed by atoms with Crippen molar-refractivity contribution < 1.29 is 4.79 Å². The molecule has 100 valence electrons. The first-order valence-corrected chi connectivity index (χ1v) is 7.88. The summed E-state index contributed by atoms with van der Waals surface area (Å²) in [4.78, 5) is 15.1. The molecule has 0 radical (unpaired) electrons. The largest absolute Gasteiger partial charge is 0.302 e. The van der Waals surface area contributed by atoms with Crippen LogP contribution >= 0.6 is 33.9 Å². The standard InChI is InChI=1S/C9H7IN2OS.2C2H6/c1-5(13)11-9-12-7-3-2-6(10)4-8(7)14-9;2*1-2/h2-4H,1H3,(H,11,12,13);2*1-2H3. The lowest BCUT2D eigenvalue weighted by molar-refractivity contribution is -0.114. The minimum absolute atomic E-state index is 0.0845. The average Bonchev–Trinajstić information content (AvgIpc) is 2.74. The third-order valence-electron chi connectivity index (χ3n) is 1.63. The molecule has 0 bridgehead atoms. The molecule has 5 heteroatoms. The summed E-state index contributed by atoms with van der Waals surface area (Å²) in [5.74, 6) is -0.0845. The molecule has 0 aliphatic carbocycles. The van der Waals surface area contributed by atoms with Gasteiger partial charge in [0.05, 0.1) is 10.2 Å². The Labute approximate surface area is 126 Å². The van der Waals surface area contributed by atoms with E-state index in [1.54, 1.807) is 0 Å².